The summed E-state index contributed by atoms with van der Waals surface area (Å²) in [7, 11) is 0. The van der Waals surface area contributed by atoms with E-state index in [1.54, 1.807) is 12.1 Å². The smallest absolute Gasteiger partial charge is 0.334 e. The highest BCUT2D eigenvalue weighted by Gasteiger charge is 2.34. The quantitative estimate of drug-likeness (QED) is 0.512. The molecule has 33 heavy (non-hydrogen) atoms. The topological polar surface area (TPSA) is 79.2 Å². The Balaban J connectivity index is 1.73. The van der Waals surface area contributed by atoms with Gasteiger partial charge in [0.05, 0.1) is 6.54 Å². The van der Waals surface area contributed by atoms with Crippen molar-refractivity contribution in [3.63, 3.8) is 0 Å². The molecule has 0 amide bonds. The Morgan fingerprint density at radius 2 is 1.58 bits per heavy atom. The molecule has 0 spiro atoms. The summed E-state index contributed by atoms with van der Waals surface area (Å²) in [4.78, 5) is 27.2. The molecule has 1 aromatic heterocycles. The van der Waals surface area contributed by atoms with Crippen molar-refractivity contribution in [3.05, 3.63) is 123 Å². The molecule has 1 aliphatic heterocycles. The van der Waals surface area contributed by atoms with Crippen LogP contribution in [-0.4, -0.2) is 15.7 Å². The molecular weight excluding hydrogens is 421 g/mol. The molecule has 0 radical (unpaired) electrons. The van der Waals surface area contributed by atoms with Crippen LogP contribution in [0.25, 0.3) is 11.1 Å². The summed E-state index contributed by atoms with van der Waals surface area (Å²) in [6.45, 7) is 0.111. The molecule has 0 bridgehead atoms. The van der Waals surface area contributed by atoms with E-state index in [-0.39, 0.29) is 30.2 Å². The van der Waals surface area contributed by atoms with Crippen molar-refractivity contribution in [2.24, 2.45) is 5.73 Å². The van der Waals surface area contributed by atoms with E-state index in [4.69, 9.17) is 10.5 Å². The van der Waals surface area contributed by atoms with Gasteiger partial charge in [0, 0.05) is 11.6 Å². The van der Waals surface area contributed by atoms with Gasteiger partial charge in [-0.25, -0.2) is 9.18 Å². The van der Waals surface area contributed by atoms with Crippen LogP contribution in [0.1, 0.15) is 23.2 Å². The summed E-state index contributed by atoms with van der Waals surface area (Å²) in [5.74, 6) is -0.491. The summed E-state index contributed by atoms with van der Waals surface area (Å²) in [5.41, 5.74) is 6.95. The van der Waals surface area contributed by atoms with Gasteiger partial charge in [-0.05, 0) is 17.2 Å². The van der Waals surface area contributed by atoms with Crippen molar-refractivity contribution in [1.82, 2.24) is 9.13 Å². The highest BCUT2D eigenvalue weighted by Crippen LogP contribution is 2.36. The van der Waals surface area contributed by atoms with Gasteiger partial charge in [0.2, 0.25) is 5.88 Å². The maximum Gasteiger partial charge on any atom is 0.334 e. The monoisotopic (exact) mass is 443 g/mol. The minimum absolute atomic E-state index is 0.0198. The molecule has 0 saturated carbocycles. The van der Waals surface area contributed by atoms with Gasteiger partial charge in [-0.3, -0.25) is 13.9 Å². The van der Waals surface area contributed by atoms with E-state index in [2.05, 4.69) is 0 Å². The lowest BCUT2D eigenvalue weighted by atomic mass is 10.1. The van der Waals surface area contributed by atoms with E-state index in [0.29, 0.717) is 0 Å². The molecule has 6 nitrogen and oxygen atoms in total. The van der Waals surface area contributed by atoms with Gasteiger partial charge in [-0.15, -0.1) is 0 Å². The molecule has 4 aromatic rings. The fourth-order valence-electron chi connectivity index (χ4n) is 4.28. The number of rotatable bonds is 5. The number of halogens is 1. The number of ether oxygens (including phenoxy) is 1. The van der Waals surface area contributed by atoms with Crippen LogP contribution in [0, 0.1) is 5.82 Å². The highest BCUT2D eigenvalue weighted by atomic mass is 19.1. The molecule has 1 aliphatic rings. The zero-order valence-electron chi connectivity index (χ0n) is 17.7. The SMILES string of the molecule is NC(Cn1c(=O)c(-c2ccccc2F)c2n(c1=O)C(c1ccccc1)CO2)c1ccccc1. The van der Waals surface area contributed by atoms with Crippen molar-refractivity contribution in [2.45, 2.75) is 18.6 Å². The van der Waals surface area contributed by atoms with Gasteiger partial charge in [-0.1, -0.05) is 78.9 Å². The molecule has 2 unspecified atom stereocenters. The van der Waals surface area contributed by atoms with Crippen LogP contribution < -0.4 is 21.7 Å². The molecule has 5 rings (SSSR count). The van der Waals surface area contributed by atoms with Crippen molar-refractivity contribution in [3.8, 4) is 17.0 Å². The Morgan fingerprint density at radius 1 is 0.939 bits per heavy atom. The second-order valence-electron chi connectivity index (χ2n) is 7.98. The van der Waals surface area contributed by atoms with Crippen LogP contribution in [0.15, 0.2) is 94.5 Å². The number of nitrogens with two attached hydrogens (primary N) is 1. The average Bonchev–Trinajstić information content (AvgIpc) is 3.29. The highest BCUT2D eigenvalue weighted by molar-refractivity contribution is 5.69. The first-order valence-electron chi connectivity index (χ1n) is 10.7. The molecule has 2 N–H and O–H groups in total. The van der Waals surface area contributed by atoms with E-state index in [1.807, 2.05) is 60.7 Å². The lowest BCUT2D eigenvalue weighted by molar-refractivity contribution is 0.343. The Kier molecular flexibility index (Phi) is 5.40. The summed E-state index contributed by atoms with van der Waals surface area (Å²) in [5, 5.41) is 0. The molecule has 0 fully saturated rings. The van der Waals surface area contributed by atoms with E-state index < -0.39 is 29.1 Å². The summed E-state index contributed by atoms with van der Waals surface area (Å²) < 4.78 is 23.2. The Bertz CT molecular complexity index is 1410. The number of aromatic nitrogens is 2. The zero-order chi connectivity index (χ0) is 22.9. The third-order valence-corrected chi connectivity index (χ3v) is 5.95. The van der Waals surface area contributed by atoms with Gasteiger partial charge < -0.3 is 10.5 Å². The first-order chi connectivity index (χ1) is 16.1. The largest absolute Gasteiger partial charge is 0.476 e. The zero-order valence-corrected chi connectivity index (χ0v) is 17.7. The lowest BCUT2D eigenvalue weighted by Crippen LogP contribution is -2.43. The van der Waals surface area contributed by atoms with Crippen molar-refractivity contribution >= 4 is 0 Å². The molecule has 3 aromatic carbocycles. The normalized spacial score (nSPS) is 15.6. The third-order valence-electron chi connectivity index (χ3n) is 5.95. The number of hydrogen-bond acceptors (Lipinski definition) is 4. The second-order valence-corrected chi connectivity index (χ2v) is 7.98. The first kappa shape index (κ1) is 20.9. The van der Waals surface area contributed by atoms with E-state index in [0.717, 1.165) is 15.7 Å². The Morgan fingerprint density at radius 3 is 2.27 bits per heavy atom. The molecule has 7 heteroatoms. The van der Waals surface area contributed by atoms with Crippen molar-refractivity contribution in [2.75, 3.05) is 6.61 Å². The molecule has 0 saturated heterocycles. The van der Waals surface area contributed by atoms with E-state index >= 15 is 0 Å². The minimum atomic E-state index is -0.628. The number of benzene rings is 3. The summed E-state index contributed by atoms with van der Waals surface area (Å²) in [6.07, 6.45) is 0. The van der Waals surface area contributed by atoms with Crippen molar-refractivity contribution < 1.29 is 9.13 Å². The van der Waals surface area contributed by atoms with Gasteiger partial charge >= 0.3 is 5.69 Å². The van der Waals surface area contributed by atoms with Crippen molar-refractivity contribution in [1.29, 1.82) is 0 Å². The summed E-state index contributed by atoms with van der Waals surface area (Å²) in [6, 6.07) is 23.6. The van der Waals surface area contributed by atoms with Crippen LogP contribution in [0.2, 0.25) is 0 Å². The lowest BCUT2D eigenvalue weighted by Gasteiger charge is -2.19. The first-order valence-corrected chi connectivity index (χ1v) is 10.7. The molecule has 0 aliphatic carbocycles. The van der Waals surface area contributed by atoms with Gasteiger partial charge in [0.1, 0.15) is 24.0 Å². The number of fused-ring (bicyclic) bond motifs is 1. The van der Waals surface area contributed by atoms with Gasteiger partial charge in [0.15, 0.2) is 0 Å². The van der Waals surface area contributed by atoms with Gasteiger partial charge in [-0.2, -0.15) is 0 Å². The maximum absolute atomic E-state index is 14.8. The van der Waals surface area contributed by atoms with Crippen LogP contribution in [0.4, 0.5) is 4.39 Å². The number of nitrogens with zero attached hydrogens (tertiary/aromatic N) is 2. The Hall–Kier alpha value is -3.97. The predicted octanol–water partition coefficient (Wildman–Crippen LogP) is 3.50. The standard InChI is InChI=1S/C26H22FN3O3/c27-20-14-8-7-13-19(20)23-24(31)29(15-21(28)17-9-3-1-4-10-17)26(32)30-22(16-33-25(23)30)18-11-5-2-6-12-18/h1-14,21-22H,15-16,28H2. The fraction of sp³-hybridized carbons (Fsp3) is 0.154. The van der Waals surface area contributed by atoms with Crippen LogP contribution >= 0.6 is 0 Å². The van der Waals surface area contributed by atoms with Gasteiger partial charge in [0.25, 0.3) is 5.56 Å². The average molecular weight is 443 g/mol. The van der Waals surface area contributed by atoms with Crippen LogP contribution in [0.5, 0.6) is 5.88 Å². The van der Waals surface area contributed by atoms with E-state index in [1.165, 1.54) is 16.7 Å². The molecule has 2 heterocycles. The van der Waals surface area contributed by atoms with Crippen LogP contribution in [0.3, 0.4) is 0 Å². The number of hydrogen-bond donors (Lipinski definition) is 1. The molecule has 166 valence electrons. The molecular formula is C26H22FN3O3. The van der Waals surface area contributed by atoms with Crippen LogP contribution in [-0.2, 0) is 6.54 Å². The maximum atomic E-state index is 14.8. The Labute approximate surface area is 189 Å². The minimum Gasteiger partial charge on any atom is -0.476 e. The molecule has 2 atom stereocenters. The fourth-order valence-corrected chi connectivity index (χ4v) is 4.28. The predicted molar refractivity (Wildman–Crippen MR) is 124 cm³/mol. The summed E-state index contributed by atoms with van der Waals surface area (Å²) >= 11 is 0. The van der Waals surface area contributed by atoms with E-state index in [9.17, 15) is 14.0 Å². The third kappa shape index (κ3) is 3.66. The second kappa shape index (κ2) is 8.52.